The number of alkyl halides is 4. The van der Waals surface area contributed by atoms with Crippen LogP contribution in [-0.4, -0.2) is 28.8 Å². The molecule has 0 saturated carbocycles. The van der Waals surface area contributed by atoms with Gasteiger partial charge in [0.1, 0.15) is 6.17 Å². The zero-order chi connectivity index (χ0) is 23.9. The minimum atomic E-state index is -4.82. The number of hydrogen-bond acceptors (Lipinski definition) is 4. The van der Waals surface area contributed by atoms with Crippen molar-refractivity contribution in [2.75, 3.05) is 7.11 Å². The lowest BCUT2D eigenvalue weighted by Crippen LogP contribution is -2.23. The Hall–Kier alpha value is -3.20. The summed E-state index contributed by atoms with van der Waals surface area (Å²) in [5.74, 6) is -1.65. The summed E-state index contributed by atoms with van der Waals surface area (Å²) in [6.45, 7) is 0. The normalized spacial score (nSPS) is 15.8. The van der Waals surface area contributed by atoms with Crippen LogP contribution in [0.1, 0.15) is 56.6 Å². The Morgan fingerprint density at radius 2 is 1.85 bits per heavy atom. The molecule has 0 fully saturated rings. The van der Waals surface area contributed by atoms with E-state index in [1.807, 2.05) is 0 Å². The van der Waals surface area contributed by atoms with Gasteiger partial charge in [-0.05, 0) is 43.5 Å². The topological polar surface area (TPSA) is 61.2 Å². The minimum absolute atomic E-state index is 0.127. The second kappa shape index (κ2) is 8.62. The van der Waals surface area contributed by atoms with Gasteiger partial charge in [-0.15, -0.1) is 0 Å². The molecule has 1 aliphatic rings. The van der Waals surface area contributed by atoms with E-state index in [0.29, 0.717) is 12.0 Å². The van der Waals surface area contributed by atoms with Crippen molar-refractivity contribution in [1.29, 1.82) is 0 Å². The highest BCUT2D eigenvalue weighted by Crippen LogP contribution is 2.41. The molecule has 1 atom stereocenters. The first-order valence-corrected chi connectivity index (χ1v) is 10.4. The van der Waals surface area contributed by atoms with Gasteiger partial charge in [0.25, 0.3) is 5.91 Å². The quantitative estimate of drug-likeness (QED) is 0.338. The molecule has 4 rings (SSSR count). The van der Waals surface area contributed by atoms with E-state index in [1.54, 1.807) is 0 Å². The molecule has 10 heteroatoms. The van der Waals surface area contributed by atoms with E-state index in [9.17, 15) is 27.2 Å². The van der Waals surface area contributed by atoms with Crippen LogP contribution in [0.15, 0.2) is 42.5 Å². The van der Waals surface area contributed by atoms with E-state index in [0.717, 1.165) is 16.8 Å². The van der Waals surface area contributed by atoms with Crippen LogP contribution >= 0.6 is 11.6 Å². The van der Waals surface area contributed by atoms with Gasteiger partial charge in [-0.2, -0.15) is 23.0 Å². The number of ether oxygens (including phenoxy) is 1. The Kier molecular flexibility index (Phi) is 6.00. The summed E-state index contributed by atoms with van der Waals surface area (Å²) in [6, 6.07) is 9.00. The second-order valence-corrected chi connectivity index (χ2v) is 7.92. The van der Waals surface area contributed by atoms with Crippen molar-refractivity contribution in [2.45, 2.75) is 31.6 Å². The number of benzene rings is 2. The number of halogens is 5. The molecular weight excluding hydrogens is 464 g/mol. The number of carbonyl (C=O) groups is 2. The van der Waals surface area contributed by atoms with E-state index in [1.165, 1.54) is 37.4 Å². The van der Waals surface area contributed by atoms with Crippen molar-refractivity contribution < 1.29 is 31.9 Å². The van der Waals surface area contributed by atoms with Gasteiger partial charge in [-0.3, -0.25) is 4.79 Å². The smallest absolute Gasteiger partial charge is 0.417 e. The maximum absolute atomic E-state index is 15.0. The molecule has 0 radical (unpaired) electrons. The number of nitrogens with zero attached hydrogens (tertiary/aromatic N) is 2. The predicted octanol–water partition coefficient (Wildman–Crippen LogP) is 6.04. The molecule has 3 aromatic rings. The largest absolute Gasteiger partial charge is 0.465 e. The molecular formula is C23H17ClF4N2O3. The molecule has 33 heavy (non-hydrogen) atoms. The standard InChI is InChI=1S/C23H17ClF4N2O3/c1-33-22(32)13-10-8-12(9-11-13)20-19-16(25)6-3-7-17(19)30(29-20)21(31)18-14(23(26,27)28)4-2-5-15(18)24/h2,4-5,8-11,16H,3,6-7H2,1H3. The summed E-state index contributed by atoms with van der Waals surface area (Å²) in [7, 11) is 1.23. The molecule has 5 nitrogen and oxygen atoms in total. The fourth-order valence-corrected chi connectivity index (χ4v) is 4.23. The summed E-state index contributed by atoms with van der Waals surface area (Å²) in [5, 5.41) is 3.85. The van der Waals surface area contributed by atoms with Gasteiger partial charge in [-0.25, -0.2) is 9.18 Å². The van der Waals surface area contributed by atoms with E-state index in [4.69, 9.17) is 11.6 Å². The SMILES string of the molecule is COC(=O)c1ccc(-c2nn(C(=O)c3c(Cl)cccc3C(F)(F)F)c3c2C(F)CCC3)cc1. The number of methoxy groups -OCH3 is 1. The number of hydrogen-bond donors (Lipinski definition) is 0. The Morgan fingerprint density at radius 3 is 2.48 bits per heavy atom. The third-order valence-corrected chi connectivity index (χ3v) is 5.83. The first-order valence-electron chi connectivity index (χ1n) is 9.98. The van der Waals surface area contributed by atoms with Crippen molar-refractivity contribution in [1.82, 2.24) is 9.78 Å². The van der Waals surface area contributed by atoms with Crippen LogP contribution in [0.3, 0.4) is 0 Å². The number of aromatic nitrogens is 2. The summed E-state index contributed by atoms with van der Waals surface area (Å²) in [5.41, 5.74) is -0.785. The van der Waals surface area contributed by atoms with Crippen LogP contribution in [0.5, 0.6) is 0 Å². The third-order valence-electron chi connectivity index (χ3n) is 5.51. The van der Waals surface area contributed by atoms with Crippen LogP contribution in [0.4, 0.5) is 17.6 Å². The molecule has 0 bridgehead atoms. The molecule has 1 aromatic heterocycles. The average molecular weight is 481 g/mol. The highest BCUT2D eigenvalue weighted by Gasteiger charge is 2.38. The van der Waals surface area contributed by atoms with Crippen molar-refractivity contribution in [3.05, 3.63) is 75.4 Å². The summed E-state index contributed by atoms with van der Waals surface area (Å²) in [6.07, 6.45) is -5.40. The Balaban J connectivity index is 1.87. The molecule has 0 aliphatic heterocycles. The molecule has 2 aromatic carbocycles. The Labute approximate surface area is 190 Å². The van der Waals surface area contributed by atoms with Crippen LogP contribution in [-0.2, 0) is 17.3 Å². The fourth-order valence-electron chi connectivity index (χ4n) is 3.97. The van der Waals surface area contributed by atoms with Gasteiger partial charge in [0.15, 0.2) is 0 Å². The average Bonchev–Trinajstić information content (AvgIpc) is 3.18. The van der Waals surface area contributed by atoms with Gasteiger partial charge in [0.2, 0.25) is 0 Å². The van der Waals surface area contributed by atoms with Gasteiger partial charge in [0, 0.05) is 11.1 Å². The zero-order valence-corrected chi connectivity index (χ0v) is 18.0. The minimum Gasteiger partial charge on any atom is -0.465 e. The second-order valence-electron chi connectivity index (χ2n) is 7.51. The molecule has 0 spiro atoms. The van der Waals surface area contributed by atoms with E-state index < -0.39 is 35.4 Å². The summed E-state index contributed by atoms with van der Waals surface area (Å²) in [4.78, 5) is 25.0. The van der Waals surface area contributed by atoms with Gasteiger partial charge >= 0.3 is 12.1 Å². The lowest BCUT2D eigenvalue weighted by atomic mass is 9.91. The van der Waals surface area contributed by atoms with E-state index in [-0.39, 0.29) is 40.4 Å². The van der Waals surface area contributed by atoms with E-state index in [2.05, 4.69) is 9.84 Å². The zero-order valence-electron chi connectivity index (χ0n) is 17.2. The molecule has 172 valence electrons. The predicted molar refractivity (Wildman–Crippen MR) is 112 cm³/mol. The first-order chi connectivity index (χ1) is 15.6. The van der Waals surface area contributed by atoms with Crippen molar-refractivity contribution in [2.24, 2.45) is 0 Å². The molecule has 0 N–H and O–H groups in total. The number of fused-ring (bicyclic) bond motifs is 1. The number of rotatable bonds is 3. The maximum atomic E-state index is 15.0. The van der Waals surface area contributed by atoms with Gasteiger partial charge in [0.05, 0.1) is 40.2 Å². The summed E-state index contributed by atoms with van der Waals surface area (Å²) < 4.78 is 61.2. The van der Waals surface area contributed by atoms with Gasteiger partial charge < -0.3 is 4.74 Å². The maximum Gasteiger partial charge on any atom is 0.417 e. The Bertz CT molecular complexity index is 1240. The van der Waals surface area contributed by atoms with Gasteiger partial charge in [-0.1, -0.05) is 29.8 Å². The molecule has 1 unspecified atom stereocenters. The lowest BCUT2D eigenvalue weighted by molar-refractivity contribution is -0.137. The lowest BCUT2D eigenvalue weighted by Gasteiger charge is -2.18. The molecule has 1 aliphatic carbocycles. The van der Waals surface area contributed by atoms with Crippen LogP contribution in [0.25, 0.3) is 11.3 Å². The van der Waals surface area contributed by atoms with E-state index >= 15 is 0 Å². The Morgan fingerprint density at radius 1 is 1.15 bits per heavy atom. The first kappa shape index (κ1) is 23.0. The highest BCUT2D eigenvalue weighted by molar-refractivity contribution is 6.34. The molecule has 1 heterocycles. The molecule has 0 saturated heterocycles. The highest BCUT2D eigenvalue weighted by atomic mass is 35.5. The van der Waals surface area contributed by atoms with Crippen LogP contribution in [0.2, 0.25) is 5.02 Å². The third kappa shape index (κ3) is 4.13. The number of esters is 1. The molecule has 0 amide bonds. The van der Waals surface area contributed by atoms with Crippen molar-refractivity contribution in [3.63, 3.8) is 0 Å². The van der Waals surface area contributed by atoms with Crippen LogP contribution in [0, 0.1) is 0 Å². The van der Waals surface area contributed by atoms with Crippen LogP contribution < -0.4 is 0 Å². The number of carbonyl (C=O) groups excluding carboxylic acids is 2. The monoisotopic (exact) mass is 480 g/mol. The summed E-state index contributed by atoms with van der Waals surface area (Å²) >= 11 is 6.00. The fraction of sp³-hybridized carbons (Fsp3) is 0.261. The van der Waals surface area contributed by atoms with Crippen molar-refractivity contribution in [3.8, 4) is 11.3 Å². The van der Waals surface area contributed by atoms with Crippen molar-refractivity contribution >= 4 is 23.5 Å².